The molecule has 0 aliphatic heterocycles. The van der Waals surface area contributed by atoms with E-state index in [-0.39, 0.29) is 5.91 Å². The van der Waals surface area contributed by atoms with Crippen molar-refractivity contribution in [3.8, 4) is 0 Å². The Labute approximate surface area is 182 Å². The van der Waals surface area contributed by atoms with E-state index < -0.39 is 0 Å². The zero-order valence-electron chi connectivity index (χ0n) is 18.2. The second-order valence-electron chi connectivity index (χ2n) is 8.07. The normalized spacial score (nSPS) is 18.7. The van der Waals surface area contributed by atoms with Gasteiger partial charge in [-0.05, 0) is 63.8 Å². The van der Waals surface area contributed by atoms with Gasteiger partial charge in [-0.25, -0.2) is 9.50 Å². The Bertz CT molecular complexity index is 1020. The molecule has 1 amide bonds. The van der Waals surface area contributed by atoms with E-state index in [0.29, 0.717) is 30.7 Å². The number of carbonyl (C=O) groups excluding carboxylic acids is 1. The van der Waals surface area contributed by atoms with Crippen molar-refractivity contribution >= 4 is 28.7 Å². The predicted octanol–water partition coefficient (Wildman–Crippen LogP) is 3.64. The number of carbonyl (C=O) groups is 1. The summed E-state index contributed by atoms with van der Waals surface area (Å²) in [6, 6.07) is 10.3. The van der Waals surface area contributed by atoms with Crippen LogP contribution in [-0.4, -0.2) is 50.6 Å². The van der Waals surface area contributed by atoms with Crippen molar-refractivity contribution in [3.63, 3.8) is 0 Å². The quantitative estimate of drug-likeness (QED) is 0.539. The SMILES string of the molecule is CCN(CC)C(=O)c1ccc(Nc2cc(N[C@H]3CC[C@H](N)CC3)nn3ccnc23)cc1. The van der Waals surface area contributed by atoms with Gasteiger partial charge in [0.2, 0.25) is 0 Å². The highest BCUT2D eigenvalue weighted by Gasteiger charge is 2.19. The summed E-state index contributed by atoms with van der Waals surface area (Å²) < 4.78 is 1.78. The van der Waals surface area contributed by atoms with E-state index >= 15 is 0 Å². The number of nitrogens with zero attached hydrogens (tertiary/aromatic N) is 4. The number of hydrogen-bond acceptors (Lipinski definition) is 6. The van der Waals surface area contributed by atoms with Gasteiger partial charge in [0.1, 0.15) is 5.82 Å². The van der Waals surface area contributed by atoms with Gasteiger partial charge in [-0.15, -0.1) is 5.10 Å². The molecule has 0 radical (unpaired) electrons. The van der Waals surface area contributed by atoms with Crippen molar-refractivity contribution in [2.75, 3.05) is 23.7 Å². The molecule has 2 heterocycles. The molecule has 1 saturated carbocycles. The molecule has 164 valence electrons. The largest absolute Gasteiger partial charge is 0.366 e. The first-order valence-corrected chi connectivity index (χ1v) is 11.1. The van der Waals surface area contributed by atoms with Crippen molar-refractivity contribution < 1.29 is 4.79 Å². The maximum Gasteiger partial charge on any atom is 0.253 e. The molecule has 3 aromatic rings. The van der Waals surface area contributed by atoms with Crippen molar-refractivity contribution in [3.05, 3.63) is 48.3 Å². The van der Waals surface area contributed by atoms with Gasteiger partial charge in [-0.2, -0.15) is 0 Å². The molecule has 0 atom stereocenters. The Hall–Kier alpha value is -3.13. The van der Waals surface area contributed by atoms with Gasteiger partial charge in [0.15, 0.2) is 5.65 Å². The van der Waals surface area contributed by atoms with Crippen LogP contribution in [-0.2, 0) is 0 Å². The van der Waals surface area contributed by atoms with E-state index in [1.165, 1.54) is 0 Å². The highest BCUT2D eigenvalue weighted by molar-refractivity contribution is 5.94. The van der Waals surface area contributed by atoms with Crippen molar-refractivity contribution in [2.45, 2.75) is 51.6 Å². The van der Waals surface area contributed by atoms with E-state index in [0.717, 1.165) is 48.5 Å². The molecule has 1 fully saturated rings. The van der Waals surface area contributed by atoms with Gasteiger partial charge in [0.05, 0.1) is 5.69 Å². The fourth-order valence-corrected chi connectivity index (χ4v) is 4.10. The number of anilines is 3. The third kappa shape index (κ3) is 4.80. The zero-order chi connectivity index (χ0) is 21.8. The summed E-state index contributed by atoms with van der Waals surface area (Å²) in [6.07, 6.45) is 7.76. The topological polar surface area (TPSA) is 101 Å². The Morgan fingerprint density at radius 2 is 1.87 bits per heavy atom. The molecule has 1 aliphatic rings. The molecule has 4 rings (SSSR count). The van der Waals surface area contributed by atoms with Crippen LogP contribution in [0.25, 0.3) is 5.65 Å². The molecule has 0 bridgehead atoms. The first kappa shape index (κ1) is 21.1. The second-order valence-corrected chi connectivity index (χ2v) is 8.07. The predicted molar refractivity (Wildman–Crippen MR) is 124 cm³/mol. The molecule has 0 unspecified atom stereocenters. The fraction of sp³-hybridized carbons (Fsp3) is 0.435. The van der Waals surface area contributed by atoms with Crippen molar-refractivity contribution in [1.29, 1.82) is 0 Å². The third-order valence-electron chi connectivity index (χ3n) is 5.94. The summed E-state index contributed by atoms with van der Waals surface area (Å²) in [6.45, 7) is 5.38. The van der Waals surface area contributed by atoms with Crippen LogP contribution in [0.1, 0.15) is 49.9 Å². The number of benzene rings is 1. The molecule has 1 aromatic carbocycles. The summed E-state index contributed by atoms with van der Waals surface area (Å²) in [5, 5.41) is 11.6. The molecular formula is C23H31N7O. The lowest BCUT2D eigenvalue weighted by atomic mass is 9.92. The standard InChI is InChI=1S/C23H31N7O/c1-3-29(4-2)23(31)16-5-9-18(10-6-16)26-20-15-21(28-30-14-13-25-22(20)30)27-19-11-7-17(24)8-12-19/h5-6,9-10,13-15,17,19,26H,3-4,7-8,11-12,24H2,1-2H3,(H,27,28)/t17-,19-. The summed E-state index contributed by atoms with van der Waals surface area (Å²) in [4.78, 5) is 18.8. The Balaban J connectivity index is 1.52. The average Bonchev–Trinajstić information content (AvgIpc) is 3.26. The van der Waals surface area contributed by atoms with Gasteiger partial charge >= 0.3 is 0 Å². The van der Waals surface area contributed by atoms with E-state index in [4.69, 9.17) is 5.73 Å². The third-order valence-corrected chi connectivity index (χ3v) is 5.94. The van der Waals surface area contributed by atoms with Gasteiger partial charge in [0.25, 0.3) is 5.91 Å². The van der Waals surface area contributed by atoms with Crippen LogP contribution < -0.4 is 16.4 Å². The smallest absolute Gasteiger partial charge is 0.253 e. The van der Waals surface area contributed by atoms with Gasteiger partial charge in [-0.1, -0.05) is 0 Å². The minimum atomic E-state index is 0.0507. The summed E-state index contributed by atoms with van der Waals surface area (Å²) in [5.74, 6) is 0.858. The number of rotatable bonds is 7. The zero-order valence-corrected chi connectivity index (χ0v) is 18.2. The fourth-order valence-electron chi connectivity index (χ4n) is 4.10. The Morgan fingerprint density at radius 3 is 2.55 bits per heavy atom. The molecule has 4 N–H and O–H groups in total. The van der Waals surface area contributed by atoms with Crippen LogP contribution in [0.5, 0.6) is 0 Å². The van der Waals surface area contributed by atoms with Crippen LogP contribution in [0.15, 0.2) is 42.7 Å². The lowest BCUT2D eigenvalue weighted by molar-refractivity contribution is 0.0773. The van der Waals surface area contributed by atoms with E-state index in [1.807, 2.05) is 55.3 Å². The Kier molecular flexibility index (Phi) is 6.36. The summed E-state index contributed by atoms with van der Waals surface area (Å²) in [7, 11) is 0. The molecular weight excluding hydrogens is 390 g/mol. The van der Waals surface area contributed by atoms with Crippen LogP contribution in [0.4, 0.5) is 17.2 Å². The Morgan fingerprint density at radius 1 is 1.16 bits per heavy atom. The number of aromatic nitrogens is 3. The number of fused-ring (bicyclic) bond motifs is 1. The molecule has 0 spiro atoms. The van der Waals surface area contributed by atoms with Gasteiger partial charge < -0.3 is 21.3 Å². The minimum Gasteiger partial charge on any atom is -0.366 e. The van der Waals surface area contributed by atoms with Crippen molar-refractivity contribution in [1.82, 2.24) is 19.5 Å². The number of imidazole rings is 1. The summed E-state index contributed by atoms with van der Waals surface area (Å²) in [5.41, 5.74) is 9.22. The highest BCUT2D eigenvalue weighted by Crippen LogP contribution is 2.26. The van der Waals surface area contributed by atoms with E-state index in [1.54, 1.807) is 10.7 Å². The van der Waals surface area contributed by atoms with Crippen LogP contribution >= 0.6 is 0 Å². The number of hydrogen-bond donors (Lipinski definition) is 3. The van der Waals surface area contributed by atoms with Crippen molar-refractivity contribution in [2.24, 2.45) is 5.73 Å². The van der Waals surface area contributed by atoms with Gasteiger partial charge in [0, 0.05) is 54.9 Å². The van der Waals surface area contributed by atoms with Gasteiger partial charge in [-0.3, -0.25) is 4.79 Å². The first-order valence-electron chi connectivity index (χ1n) is 11.1. The highest BCUT2D eigenvalue weighted by atomic mass is 16.2. The average molecular weight is 422 g/mol. The molecule has 31 heavy (non-hydrogen) atoms. The lowest BCUT2D eigenvalue weighted by Crippen LogP contribution is -2.33. The maximum absolute atomic E-state index is 12.5. The lowest BCUT2D eigenvalue weighted by Gasteiger charge is -2.27. The number of nitrogens with one attached hydrogen (secondary N) is 2. The molecule has 8 nitrogen and oxygen atoms in total. The molecule has 1 aliphatic carbocycles. The van der Waals surface area contributed by atoms with Crippen LogP contribution in [0.2, 0.25) is 0 Å². The summed E-state index contributed by atoms with van der Waals surface area (Å²) >= 11 is 0. The van der Waals surface area contributed by atoms with Crippen LogP contribution in [0, 0.1) is 0 Å². The van der Waals surface area contributed by atoms with E-state index in [2.05, 4.69) is 20.7 Å². The van der Waals surface area contributed by atoms with Crippen LogP contribution in [0.3, 0.4) is 0 Å². The molecule has 0 saturated heterocycles. The number of amides is 1. The molecule has 2 aromatic heterocycles. The maximum atomic E-state index is 12.5. The molecule has 8 heteroatoms. The first-order chi connectivity index (χ1) is 15.1. The number of nitrogens with two attached hydrogens (primary N) is 1. The van der Waals surface area contributed by atoms with E-state index in [9.17, 15) is 4.79 Å². The monoisotopic (exact) mass is 421 g/mol. The minimum absolute atomic E-state index is 0.0507. The second kappa shape index (κ2) is 9.34.